The van der Waals surface area contributed by atoms with Gasteiger partial charge in [-0.15, -0.1) is 0 Å². The summed E-state index contributed by atoms with van der Waals surface area (Å²) in [6, 6.07) is 5.63. The summed E-state index contributed by atoms with van der Waals surface area (Å²) in [5, 5.41) is 0. The van der Waals surface area contributed by atoms with Gasteiger partial charge in [0.25, 0.3) is 0 Å². The van der Waals surface area contributed by atoms with E-state index in [9.17, 15) is 0 Å². The number of fused-ring (bicyclic) bond motifs is 2. The van der Waals surface area contributed by atoms with E-state index in [0.29, 0.717) is 6.04 Å². The summed E-state index contributed by atoms with van der Waals surface area (Å²) in [6.45, 7) is 9.28. The molecule has 0 atom stereocenters. The SMILES string of the molecule is CC1Cc2cc3c(cc2C1)CN(C(C)C)C3. The summed E-state index contributed by atoms with van der Waals surface area (Å²) in [7, 11) is 0. The van der Waals surface area contributed by atoms with Gasteiger partial charge in [0, 0.05) is 19.1 Å². The van der Waals surface area contributed by atoms with E-state index in [1.54, 1.807) is 22.3 Å². The topological polar surface area (TPSA) is 3.24 Å². The third-order valence-electron chi connectivity index (χ3n) is 4.14. The first kappa shape index (κ1) is 10.3. The molecule has 3 rings (SSSR count). The Morgan fingerprint density at radius 2 is 1.50 bits per heavy atom. The van der Waals surface area contributed by atoms with Gasteiger partial charge < -0.3 is 0 Å². The van der Waals surface area contributed by atoms with Crippen LogP contribution in [0.3, 0.4) is 0 Å². The molecule has 0 N–H and O–H groups in total. The van der Waals surface area contributed by atoms with E-state index in [1.807, 2.05) is 0 Å². The highest BCUT2D eigenvalue weighted by Crippen LogP contribution is 2.33. The van der Waals surface area contributed by atoms with Gasteiger partial charge in [0.05, 0.1) is 0 Å². The number of benzene rings is 1. The molecule has 0 spiro atoms. The molecule has 0 unspecified atom stereocenters. The fraction of sp³-hybridized carbons (Fsp3) is 0.600. The Kier molecular flexibility index (Phi) is 2.32. The van der Waals surface area contributed by atoms with E-state index < -0.39 is 0 Å². The fourth-order valence-corrected chi connectivity index (χ4v) is 3.15. The van der Waals surface area contributed by atoms with Crippen LogP contribution >= 0.6 is 0 Å². The van der Waals surface area contributed by atoms with E-state index in [4.69, 9.17) is 0 Å². The van der Waals surface area contributed by atoms with Gasteiger partial charge in [-0.05, 0) is 54.9 Å². The minimum Gasteiger partial charge on any atom is -0.292 e. The van der Waals surface area contributed by atoms with Gasteiger partial charge in [0.2, 0.25) is 0 Å². The van der Waals surface area contributed by atoms with Crippen LogP contribution in [0, 0.1) is 5.92 Å². The molecule has 1 heterocycles. The Hall–Kier alpha value is -0.820. The molecule has 0 saturated heterocycles. The molecule has 16 heavy (non-hydrogen) atoms. The Bertz CT molecular complexity index is 385. The summed E-state index contributed by atoms with van der Waals surface area (Å²) >= 11 is 0. The molecule has 0 aromatic heterocycles. The highest BCUT2D eigenvalue weighted by Gasteiger charge is 2.25. The Balaban J connectivity index is 1.92. The lowest BCUT2D eigenvalue weighted by molar-refractivity contribution is 0.227. The summed E-state index contributed by atoms with van der Waals surface area (Å²) in [4.78, 5) is 2.56. The molecule has 1 aliphatic heterocycles. The molecule has 0 fully saturated rings. The first-order valence-corrected chi connectivity index (χ1v) is 6.51. The van der Waals surface area contributed by atoms with E-state index in [1.165, 1.54) is 12.8 Å². The molecule has 1 nitrogen and oxygen atoms in total. The zero-order valence-corrected chi connectivity index (χ0v) is 10.6. The van der Waals surface area contributed by atoms with Crippen molar-refractivity contribution in [3.05, 3.63) is 34.4 Å². The first-order chi connectivity index (χ1) is 7.63. The van der Waals surface area contributed by atoms with Crippen molar-refractivity contribution >= 4 is 0 Å². The summed E-state index contributed by atoms with van der Waals surface area (Å²) < 4.78 is 0. The molecule has 0 amide bonds. The van der Waals surface area contributed by atoms with E-state index in [2.05, 4.69) is 37.8 Å². The maximum Gasteiger partial charge on any atom is 0.0243 e. The Morgan fingerprint density at radius 3 is 1.94 bits per heavy atom. The van der Waals surface area contributed by atoms with Crippen molar-refractivity contribution in [2.45, 2.75) is 52.7 Å². The minimum absolute atomic E-state index is 0.668. The van der Waals surface area contributed by atoms with E-state index in [-0.39, 0.29) is 0 Å². The molecule has 1 aromatic rings. The van der Waals surface area contributed by atoms with Gasteiger partial charge in [-0.25, -0.2) is 0 Å². The highest BCUT2D eigenvalue weighted by molar-refractivity contribution is 5.43. The van der Waals surface area contributed by atoms with Crippen molar-refractivity contribution in [1.82, 2.24) is 4.90 Å². The molecule has 86 valence electrons. The quantitative estimate of drug-likeness (QED) is 0.695. The first-order valence-electron chi connectivity index (χ1n) is 6.51. The van der Waals surface area contributed by atoms with Gasteiger partial charge >= 0.3 is 0 Å². The van der Waals surface area contributed by atoms with Gasteiger partial charge in [-0.2, -0.15) is 0 Å². The largest absolute Gasteiger partial charge is 0.292 e. The van der Waals surface area contributed by atoms with Crippen LogP contribution in [0.1, 0.15) is 43.0 Å². The molecule has 1 heteroatoms. The predicted octanol–water partition coefficient (Wildman–Crippen LogP) is 3.15. The number of rotatable bonds is 1. The van der Waals surface area contributed by atoms with Crippen molar-refractivity contribution in [2.75, 3.05) is 0 Å². The van der Waals surface area contributed by atoms with E-state index >= 15 is 0 Å². The van der Waals surface area contributed by atoms with Crippen molar-refractivity contribution in [3.8, 4) is 0 Å². The second-order valence-electron chi connectivity index (χ2n) is 5.90. The van der Waals surface area contributed by atoms with Crippen LogP contribution in [0.4, 0.5) is 0 Å². The molecule has 1 aliphatic carbocycles. The summed E-state index contributed by atoms with van der Waals surface area (Å²) in [5.74, 6) is 0.860. The normalized spacial score (nSPS) is 20.5. The van der Waals surface area contributed by atoms with Crippen LogP contribution in [0.15, 0.2) is 12.1 Å². The van der Waals surface area contributed by atoms with Gasteiger partial charge in [0.1, 0.15) is 0 Å². The van der Waals surface area contributed by atoms with Crippen molar-refractivity contribution in [1.29, 1.82) is 0 Å². The lowest BCUT2D eigenvalue weighted by Gasteiger charge is -2.18. The third kappa shape index (κ3) is 1.58. The smallest absolute Gasteiger partial charge is 0.0243 e. The Morgan fingerprint density at radius 1 is 1.00 bits per heavy atom. The number of nitrogens with zero attached hydrogens (tertiary/aromatic N) is 1. The average molecular weight is 215 g/mol. The maximum absolute atomic E-state index is 2.56. The predicted molar refractivity (Wildman–Crippen MR) is 67.4 cm³/mol. The van der Waals surface area contributed by atoms with Crippen LogP contribution in [0.5, 0.6) is 0 Å². The minimum atomic E-state index is 0.668. The number of hydrogen-bond acceptors (Lipinski definition) is 1. The second kappa shape index (κ2) is 3.59. The molecular weight excluding hydrogens is 194 g/mol. The summed E-state index contributed by atoms with van der Waals surface area (Å²) in [6.07, 6.45) is 2.59. The van der Waals surface area contributed by atoms with Gasteiger partial charge in [-0.3, -0.25) is 4.90 Å². The van der Waals surface area contributed by atoms with Crippen molar-refractivity contribution in [3.63, 3.8) is 0 Å². The molecular formula is C15H21N. The van der Waals surface area contributed by atoms with E-state index in [0.717, 1.165) is 19.0 Å². The van der Waals surface area contributed by atoms with Crippen LogP contribution in [0.25, 0.3) is 0 Å². The third-order valence-corrected chi connectivity index (χ3v) is 4.14. The van der Waals surface area contributed by atoms with Crippen LogP contribution in [-0.2, 0) is 25.9 Å². The highest BCUT2D eigenvalue weighted by atomic mass is 15.2. The fourth-order valence-electron chi connectivity index (χ4n) is 3.15. The van der Waals surface area contributed by atoms with Crippen LogP contribution in [0.2, 0.25) is 0 Å². The molecule has 1 aromatic carbocycles. The standard InChI is InChI=1S/C15H21N/c1-10(2)16-8-14-6-12-4-11(3)5-13(12)7-15(14)9-16/h6-7,10-11H,4-5,8-9H2,1-3H3. The van der Waals surface area contributed by atoms with Crippen molar-refractivity contribution < 1.29 is 0 Å². The van der Waals surface area contributed by atoms with Gasteiger partial charge in [-0.1, -0.05) is 19.1 Å². The molecule has 0 radical (unpaired) electrons. The lowest BCUT2D eigenvalue weighted by atomic mass is 10.0. The molecule has 0 saturated carbocycles. The molecule has 2 aliphatic rings. The number of hydrogen-bond donors (Lipinski definition) is 0. The zero-order valence-electron chi connectivity index (χ0n) is 10.6. The van der Waals surface area contributed by atoms with Crippen LogP contribution in [-0.4, -0.2) is 10.9 Å². The van der Waals surface area contributed by atoms with Gasteiger partial charge in [0.15, 0.2) is 0 Å². The molecule has 0 bridgehead atoms. The monoisotopic (exact) mass is 215 g/mol. The second-order valence-corrected chi connectivity index (χ2v) is 5.90. The lowest BCUT2D eigenvalue weighted by Crippen LogP contribution is -2.24. The maximum atomic E-state index is 2.56. The van der Waals surface area contributed by atoms with Crippen LogP contribution < -0.4 is 0 Å². The Labute approximate surface area is 98.5 Å². The zero-order chi connectivity index (χ0) is 11.3. The van der Waals surface area contributed by atoms with Crippen molar-refractivity contribution in [2.24, 2.45) is 5.92 Å². The summed E-state index contributed by atoms with van der Waals surface area (Å²) in [5.41, 5.74) is 6.41. The average Bonchev–Trinajstić information content (AvgIpc) is 2.74.